The van der Waals surface area contributed by atoms with Crippen LogP contribution in [0.25, 0.3) is 11.3 Å². The number of carboxylic acid groups (broad SMARTS) is 1. The number of carbonyl (C=O) groups excluding carboxylic acids is 1. The fourth-order valence-corrected chi connectivity index (χ4v) is 2.12. The van der Waals surface area contributed by atoms with Crippen LogP contribution in [0, 0.1) is 11.6 Å². The first-order chi connectivity index (χ1) is 11.3. The molecule has 1 heterocycles. The largest absolute Gasteiger partial charge is 0.481 e. The van der Waals surface area contributed by atoms with Crippen LogP contribution >= 0.6 is 0 Å². The quantitative estimate of drug-likeness (QED) is 0.809. The van der Waals surface area contributed by atoms with E-state index in [-0.39, 0.29) is 42.4 Å². The number of aliphatic carboxylic acids is 1. The molecule has 24 heavy (non-hydrogen) atoms. The number of halogens is 2. The Hall–Kier alpha value is -2.77. The molecule has 128 valence electrons. The summed E-state index contributed by atoms with van der Waals surface area (Å²) in [6.45, 7) is 1.59. The number of rotatable bonds is 7. The lowest BCUT2D eigenvalue weighted by atomic mass is 10.2. The second kappa shape index (κ2) is 7.67. The highest BCUT2D eigenvalue weighted by molar-refractivity contribution is 5.77. The normalized spacial score (nSPS) is 12.0. The molecule has 0 fully saturated rings. The molecule has 1 amide bonds. The molecule has 0 bridgehead atoms. The molecule has 1 atom stereocenters. The summed E-state index contributed by atoms with van der Waals surface area (Å²) in [5.74, 6) is -2.42. The minimum Gasteiger partial charge on any atom is -0.481 e. The van der Waals surface area contributed by atoms with Crippen molar-refractivity contribution in [2.75, 3.05) is 0 Å². The van der Waals surface area contributed by atoms with Gasteiger partial charge in [-0.2, -0.15) is 0 Å². The number of amides is 1. The number of nitrogens with one attached hydrogen (secondary N) is 1. The summed E-state index contributed by atoms with van der Waals surface area (Å²) in [5, 5.41) is 11.2. The van der Waals surface area contributed by atoms with Gasteiger partial charge in [0.1, 0.15) is 11.6 Å². The lowest BCUT2D eigenvalue weighted by Crippen LogP contribution is -2.34. The molecule has 2 N–H and O–H groups in total. The SMILES string of the molecule is CC(CC(=O)O)NC(=O)CCc1ncc(-c2ccc(F)cc2F)o1. The second-order valence-corrected chi connectivity index (χ2v) is 5.31. The Morgan fingerprint density at radius 3 is 2.79 bits per heavy atom. The zero-order valence-electron chi connectivity index (χ0n) is 12.9. The summed E-state index contributed by atoms with van der Waals surface area (Å²) in [5.41, 5.74) is 0.0784. The zero-order valence-corrected chi connectivity index (χ0v) is 12.9. The third-order valence-electron chi connectivity index (χ3n) is 3.20. The molecule has 1 aromatic carbocycles. The highest BCUT2D eigenvalue weighted by atomic mass is 19.1. The van der Waals surface area contributed by atoms with Crippen LogP contribution in [0.5, 0.6) is 0 Å². The van der Waals surface area contributed by atoms with Gasteiger partial charge in [0.15, 0.2) is 11.7 Å². The number of nitrogens with zero attached hydrogens (tertiary/aromatic N) is 1. The van der Waals surface area contributed by atoms with E-state index in [1.54, 1.807) is 6.92 Å². The lowest BCUT2D eigenvalue weighted by molar-refractivity contribution is -0.137. The standard InChI is InChI=1S/C16H16F2N2O4/c1-9(6-16(22)23)20-14(21)4-5-15-19-8-13(24-15)11-3-2-10(17)7-12(11)18/h2-3,7-9H,4-6H2,1H3,(H,20,21)(H,22,23). The van der Waals surface area contributed by atoms with Gasteiger partial charge in [-0.15, -0.1) is 0 Å². The fourth-order valence-electron chi connectivity index (χ4n) is 2.12. The molecule has 0 aliphatic rings. The van der Waals surface area contributed by atoms with Crippen molar-refractivity contribution in [3.8, 4) is 11.3 Å². The van der Waals surface area contributed by atoms with Crippen molar-refractivity contribution in [2.45, 2.75) is 32.2 Å². The summed E-state index contributed by atoms with van der Waals surface area (Å²) < 4.78 is 31.9. The maximum Gasteiger partial charge on any atom is 0.305 e. The first-order valence-corrected chi connectivity index (χ1v) is 7.26. The van der Waals surface area contributed by atoms with Crippen LogP contribution in [0.15, 0.2) is 28.8 Å². The minimum atomic E-state index is -0.999. The predicted octanol–water partition coefficient (Wildman–Crippen LogP) is 2.53. The van der Waals surface area contributed by atoms with Crippen molar-refractivity contribution in [1.82, 2.24) is 10.3 Å². The third kappa shape index (κ3) is 4.87. The number of hydrogen-bond donors (Lipinski definition) is 2. The molecular formula is C16H16F2N2O4. The van der Waals surface area contributed by atoms with Crippen LogP contribution in [-0.4, -0.2) is 28.0 Å². The van der Waals surface area contributed by atoms with E-state index in [0.29, 0.717) is 0 Å². The third-order valence-corrected chi connectivity index (χ3v) is 3.20. The van der Waals surface area contributed by atoms with Crippen molar-refractivity contribution in [3.05, 3.63) is 41.9 Å². The molecular weight excluding hydrogens is 322 g/mol. The molecule has 0 saturated heterocycles. The van der Waals surface area contributed by atoms with Crippen molar-refractivity contribution in [3.63, 3.8) is 0 Å². The number of oxazole rings is 1. The fraction of sp³-hybridized carbons (Fsp3) is 0.312. The van der Waals surface area contributed by atoms with E-state index in [2.05, 4.69) is 10.3 Å². The van der Waals surface area contributed by atoms with Crippen LogP contribution in [0.3, 0.4) is 0 Å². The topological polar surface area (TPSA) is 92.4 Å². The second-order valence-electron chi connectivity index (χ2n) is 5.31. The number of carbonyl (C=O) groups is 2. The first kappa shape index (κ1) is 17.6. The van der Waals surface area contributed by atoms with Gasteiger partial charge in [-0.05, 0) is 19.1 Å². The average molecular weight is 338 g/mol. The van der Waals surface area contributed by atoms with Gasteiger partial charge in [0.2, 0.25) is 5.91 Å². The highest BCUT2D eigenvalue weighted by Crippen LogP contribution is 2.24. The molecule has 0 saturated carbocycles. The monoisotopic (exact) mass is 338 g/mol. The van der Waals surface area contributed by atoms with Crippen LogP contribution in [-0.2, 0) is 16.0 Å². The van der Waals surface area contributed by atoms with Crippen molar-refractivity contribution >= 4 is 11.9 Å². The lowest BCUT2D eigenvalue weighted by Gasteiger charge is -2.10. The molecule has 2 aromatic rings. The van der Waals surface area contributed by atoms with Gasteiger partial charge in [-0.3, -0.25) is 9.59 Å². The molecule has 0 radical (unpaired) electrons. The Bertz CT molecular complexity index is 745. The number of aromatic nitrogens is 1. The molecule has 0 aliphatic heterocycles. The Kier molecular flexibility index (Phi) is 5.62. The van der Waals surface area contributed by atoms with Gasteiger partial charge < -0.3 is 14.8 Å². The van der Waals surface area contributed by atoms with Gasteiger partial charge in [-0.25, -0.2) is 13.8 Å². The molecule has 6 nitrogen and oxygen atoms in total. The smallest absolute Gasteiger partial charge is 0.305 e. The van der Waals surface area contributed by atoms with Gasteiger partial charge in [0, 0.05) is 24.9 Å². The maximum absolute atomic E-state index is 13.7. The van der Waals surface area contributed by atoms with E-state index in [1.165, 1.54) is 12.3 Å². The average Bonchev–Trinajstić information content (AvgIpc) is 2.92. The van der Waals surface area contributed by atoms with Gasteiger partial charge in [0.05, 0.1) is 18.2 Å². The Labute approximate surface area is 136 Å². The minimum absolute atomic E-state index is 0.0514. The van der Waals surface area contributed by atoms with Crippen LogP contribution in [0.1, 0.15) is 25.7 Å². The Morgan fingerprint density at radius 2 is 2.12 bits per heavy atom. The Morgan fingerprint density at radius 1 is 1.38 bits per heavy atom. The number of hydrogen-bond acceptors (Lipinski definition) is 4. The highest BCUT2D eigenvalue weighted by Gasteiger charge is 2.14. The van der Waals surface area contributed by atoms with E-state index in [1.807, 2.05) is 0 Å². The summed E-state index contributed by atoms with van der Waals surface area (Å²) >= 11 is 0. The first-order valence-electron chi connectivity index (χ1n) is 7.26. The maximum atomic E-state index is 13.7. The Balaban J connectivity index is 1.92. The number of carboxylic acids is 1. The molecule has 2 rings (SSSR count). The van der Waals surface area contributed by atoms with Crippen LogP contribution in [0.4, 0.5) is 8.78 Å². The van der Waals surface area contributed by atoms with E-state index in [4.69, 9.17) is 9.52 Å². The van der Waals surface area contributed by atoms with E-state index in [9.17, 15) is 18.4 Å². The number of aryl methyl sites for hydroxylation is 1. The summed E-state index contributed by atoms with van der Waals surface area (Å²) in [6, 6.07) is 2.62. The molecule has 1 unspecified atom stereocenters. The van der Waals surface area contributed by atoms with Crippen molar-refractivity contribution in [2.24, 2.45) is 0 Å². The van der Waals surface area contributed by atoms with Crippen LogP contribution < -0.4 is 5.32 Å². The zero-order chi connectivity index (χ0) is 17.7. The summed E-state index contributed by atoms with van der Waals surface area (Å²) in [6.07, 6.45) is 1.36. The van der Waals surface area contributed by atoms with Crippen LogP contribution in [0.2, 0.25) is 0 Å². The number of benzene rings is 1. The molecule has 0 spiro atoms. The summed E-state index contributed by atoms with van der Waals surface area (Å²) in [7, 11) is 0. The molecule has 8 heteroatoms. The molecule has 1 aromatic heterocycles. The predicted molar refractivity (Wildman–Crippen MR) is 80.0 cm³/mol. The van der Waals surface area contributed by atoms with Gasteiger partial charge in [-0.1, -0.05) is 0 Å². The summed E-state index contributed by atoms with van der Waals surface area (Å²) in [4.78, 5) is 26.2. The van der Waals surface area contributed by atoms with Crippen molar-refractivity contribution in [1.29, 1.82) is 0 Å². The molecule has 0 aliphatic carbocycles. The van der Waals surface area contributed by atoms with Gasteiger partial charge >= 0.3 is 5.97 Å². The van der Waals surface area contributed by atoms with E-state index in [0.717, 1.165) is 12.1 Å². The van der Waals surface area contributed by atoms with Crippen molar-refractivity contribution < 1.29 is 27.9 Å². The van der Waals surface area contributed by atoms with E-state index < -0.39 is 23.6 Å². The van der Waals surface area contributed by atoms with Gasteiger partial charge in [0.25, 0.3) is 0 Å². The van der Waals surface area contributed by atoms with E-state index >= 15 is 0 Å².